The number of aromatic nitrogens is 3. The normalized spacial score (nSPS) is 15.1. The fourth-order valence-electron chi connectivity index (χ4n) is 4.46. The highest BCUT2D eigenvalue weighted by molar-refractivity contribution is 6.05. The summed E-state index contributed by atoms with van der Waals surface area (Å²) >= 11 is 0. The molecule has 7 heteroatoms. The molecule has 1 aliphatic rings. The van der Waals surface area contributed by atoms with Gasteiger partial charge in [-0.1, -0.05) is 17.3 Å². The molecule has 1 atom stereocenters. The van der Waals surface area contributed by atoms with Gasteiger partial charge >= 0.3 is 0 Å². The van der Waals surface area contributed by atoms with E-state index in [9.17, 15) is 10.2 Å². The lowest BCUT2D eigenvalue weighted by Gasteiger charge is -2.18. The summed E-state index contributed by atoms with van der Waals surface area (Å²) in [6, 6.07) is 12.3. The van der Waals surface area contributed by atoms with E-state index < -0.39 is 6.10 Å². The van der Waals surface area contributed by atoms with Crippen molar-refractivity contribution in [3.8, 4) is 11.1 Å². The molecule has 0 fully saturated rings. The van der Waals surface area contributed by atoms with Crippen molar-refractivity contribution in [2.75, 3.05) is 6.61 Å². The number of oxime groups is 1. The van der Waals surface area contributed by atoms with E-state index in [4.69, 9.17) is 9.82 Å². The quantitative estimate of drug-likeness (QED) is 0.402. The van der Waals surface area contributed by atoms with Crippen molar-refractivity contribution >= 4 is 33.2 Å². The van der Waals surface area contributed by atoms with Crippen molar-refractivity contribution in [2.24, 2.45) is 5.16 Å². The Hall–Kier alpha value is -3.55. The number of aryl methyl sites for hydroxylation is 1. The van der Waals surface area contributed by atoms with Gasteiger partial charge in [0.05, 0.1) is 22.3 Å². The Morgan fingerprint density at radius 2 is 2.00 bits per heavy atom. The van der Waals surface area contributed by atoms with E-state index in [0.717, 1.165) is 61.2 Å². The molecule has 0 aliphatic carbocycles. The van der Waals surface area contributed by atoms with E-state index in [0.29, 0.717) is 12.2 Å². The van der Waals surface area contributed by atoms with Crippen molar-refractivity contribution in [2.45, 2.75) is 39.7 Å². The predicted molar refractivity (Wildman–Crippen MR) is 130 cm³/mol. The summed E-state index contributed by atoms with van der Waals surface area (Å²) in [6.45, 7) is 5.84. The Labute approximate surface area is 191 Å². The molecule has 0 amide bonds. The molecule has 4 aromatic rings. The minimum Gasteiger partial charge on any atom is -0.396 e. The Kier molecular flexibility index (Phi) is 5.44. The zero-order valence-electron chi connectivity index (χ0n) is 18.9. The van der Waals surface area contributed by atoms with Crippen molar-refractivity contribution in [1.82, 2.24) is 15.0 Å². The van der Waals surface area contributed by atoms with Gasteiger partial charge in [-0.3, -0.25) is 4.98 Å². The molecule has 2 aromatic carbocycles. The SMILES string of the molecule is CC1=NOC(C)=C(c2cc(-c3c(C)ccc4ncccc34)c3nc(C(O)CCO)[nH]c3c2)C1. The number of aliphatic hydroxyl groups is 2. The molecule has 0 saturated heterocycles. The average molecular weight is 443 g/mol. The number of allylic oxidation sites excluding steroid dienone is 2. The second-order valence-electron chi connectivity index (χ2n) is 8.53. The fourth-order valence-corrected chi connectivity index (χ4v) is 4.46. The van der Waals surface area contributed by atoms with Crippen LogP contribution in [0.25, 0.3) is 38.6 Å². The van der Waals surface area contributed by atoms with Crippen LogP contribution in [0.3, 0.4) is 0 Å². The molecule has 1 aliphatic heterocycles. The number of H-pyrrole nitrogens is 1. The number of rotatable bonds is 5. The number of aliphatic hydroxyl groups excluding tert-OH is 2. The number of fused-ring (bicyclic) bond motifs is 2. The molecule has 1 unspecified atom stereocenters. The molecule has 0 spiro atoms. The van der Waals surface area contributed by atoms with Crippen LogP contribution < -0.4 is 0 Å². The maximum Gasteiger partial charge on any atom is 0.136 e. The number of pyridine rings is 1. The van der Waals surface area contributed by atoms with Crippen molar-refractivity contribution in [1.29, 1.82) is 0 Å². The minimum atomic E-state index is -0.873. The van der Waals surface area contributed by atoms with E-state index in [1.165, 1.54) is 0 Å². The first-order valence-electron chi connectivity index (χ1n) is 11.0. The molecule has 3 N–H and O–H groups in total. The van der Waals surface area contributed by atoms with Crippen LogP contribution in [-0.2, 0) is 4.84 Å². The van der Waals surface area contributed by atoms with Crippen LogP contribution in [0.1, 0.15) is 49.7 Å². The van der Waals surface area contributed by atoms with Gasteiger partial charge in [0.15, 0.2) is 0 Å². The lowest BCUT2D eigenvalue weighted by atomic mass is 9.90. The van der Waals surface area contributed by atoms with Crippen LogP contribution in [0, 0.1) is 6.92 Å². The Morgan fingerprint density at radius 1 is 1.15 bits per heavy atom. The lowest BCUT2D eigenvalue weighted by molar-refractivity contribution is 0.127. The molecule has 0 radical (unpaired) electrons. The summed E-state index contributed by atoms with van der Waals surface area (Å²) in [5.74, 6) is 1.21. The van der Waals surface area contributed by atoms with Gasteiger partial charge in [-0.2, -0.15) is 0 Å². The summed E-state index contributed by atoms with van der Waals surface area (Å²) < 4.78 is 0. The first-order valence-corrected chi connectivity index (χ1v) is 11.0. The van der Waals surface area contributed by atoms with Crippen LogP contribution in [-0.4, -0.2) is 37.5 Å². The van der Waals surface area contributed by atoms with Gasteiger partial charge < -0.3 is 20.0 Å². The second-order valence-corrected chi connectivity index (χ2v) is 8.53. The molecule has 33 heavy (non-hydrogen) atoms. The highest BCUT2D eigenvalue weighted by atomic mass is 16.6. The molecule has 7 nitrogen and oxygen atoms in total. The zero-order chi connectivity index (χ0) is 23.1. The van der Waals surface area contributed by atoms with Gasteiger partial charge in [-0.25, -0.2) is 4.98 Å². The highest BCUT2D eigenvalue weighted by Gasteiger charge is 2.21. The van der Waals surface area contributed by atoms with E-state index in [1.807, 2.05) is 32.0 Å². The smallest absolute Gasteiger partial charge is 0.136 e. The highest BCUT2D eigenvalue weighted by Crippen LogP contribution is 2.39. The summed E-state index contributed by atoms with van der Waals surface area (Å²) in [4.78, 5) is 18.1. The number of nitrogens with one attached hydrogen (secondary N) is 1. The van der Waals surface area contributed by atoms with Crippen LogP contribution in [0.15, 0.2) is 53.5 Å². The van der Waals surface area contributed by atoms with Gasteiger partial charge in [-0.15, -0.1) is 0 Å². The maximum atomic E-state index is 10.5. The molecule has 168 valence electrons. The molecule has 5 rings (SSSR count). The largest absolute Gasteiger partial charge is 0.396 e. The van der Waals surface area contributed by atoms with Gasteiger partial charge in [0.1, 0.15) is 17.7 Å². The summed E-state index contributed by atoms with van der Waals surface area (Å²) in [5.41, 5.74) is 8.60. The number of benzene rings is 2. The molecule has 0 bridgehead atoms. The molecular weight excluding hydrogens is 416 g/mol. The number of aromatic amines is 1. The van der Waals surface area contributed by atoms with E-state index in [1.54, 1.807) is 6.20 Å². The fraction of sp³-hybridized carbons (Fsp3) is 0.269. The van der Waals surface area contributed by atoms with E-state index in [2.05, 4.69) is 40.2 Å². The average Bonchev–Trinajstić information content (AvgIpc) is 3.25. The van der Waals surface area contributed by atoms with E-state index in [-0.39, 0.29) is 13.0 Å². The first-order chi connectivity index (χ1) is 16.0. The van der Waals surface area contributed by atoms with Crippen molar-refractivity contribution in [3.63, 3.8) is 0 Å². The monoisotopic (exact) mass is 442 g/mol. The Morgan fingerprint density at radius 3 is 2.82 bits per heavy atom. The topological polar surface area (TPSA) is 104 Å². The van der Waals surface area contributed by atoms with Crippen LogP contribution in [0.5, 0.6) is 0 Å². The number of hydrogen-bond acceptors (Lipinski definition) is 6. The molecule has 0 saturated carbocycles. The van der Waals surface area contributed by atoms with Crippen LogP contribution >= 0.6 is 0 Å². The lowest BCUT2D eigenvalue weighted by Crippen LogP contribution is -2.05. The summed E-state index contributed by atoms with van der Waals surface area (Å²) in [5, 5.41) is 24.9. The number of imidazole rings is 1. The minimum absolute atomic E-state index is 0.119. The Bertz CT molecular complexity index is 1430. The number of nitrogens with zero attached hydrogens (tertiary/aromatic N) is 3. The molecule has 3 heterocycles. The Balaban J connectivity index is 1.81. The van der Waals surface area contributed by atoms with Gasteiger partial charge in [0, 0.05) is 42.2 Å². The van der Waals surface area contributed by atoms with Crippen molar-refractivity contribution in [3.05, 3.63) is 65.3 Å². The van der Waals surface area contributed by atoms with Gasteiger partial charge in [-0.05, 0) is 61.7 Å². The van der Waals surface area contributed by atoms with Crippen LogP contribution in [0.4, 0.5) is 0 Å². The molecule has 2 aromatic heterocycles. The zero-order valence-corrected chi connectivity index (χ0v) is 18.9. The summed E-state index contributed by atoms with van der Waals surface area (Å²) in [7, 11) is 0. The van der Waals surface area contributed by atoms with Gasteiger partial charge in [0.25, 0.3) is 0 Å². The van der Waals surface area contributed by atoms with Crippen LogP contribution in [0.2, 0.25) is 0 Å². The molecular formula is C26H26N4O3. The maximum absolute atomic E-state index is 10.5. The van der Waals surface area contributed by atoms with Gasteiger partial charge in [0.2, 0.25) is 0 Å². The number of hydrogen-bond donors (Lipinski definition) is 3. The third kappa shape index (κ3) is 3.79. The third-order valence-corrected chi connectivity index (χ3v) is 6.13. The van der Waals surface area contributed by atoms with Crippen molar-refractivity contribution < 1.29 is 15.1 Å². The second kappa shape index (κ2) is 8.42. The van der Waals surface area contributed by atoms with E-state index >= 15 is 0 Å². The summed E-state index contributed by atoms with van der Waals surface area (Å²) in [6.07, 6.45) is 1.83. The first kappa shape index (κ1) is 21.3. The third-order valence-electron chi connectivity index (χ3n) is 6.13. The standard InChI is InChI=1S/C26H26N4O3/c1-14-6-7-21-18(5-4-9-27-21)24(14)20-12-17(19-11-15(2)30-33-16(19)3)13-22-25(20)29-26(28-22)23(32)8-10-31/h4-7,9,12-13,23,31-32H,8,10-11H2,1-3H3,(H,28,29). The predicted octanol–water partition coefficient (Wildman–Crippen LogP) is 5.03.